The summed E-state index contributed by atoms with van der Waals surface area (Å²) in [7, 11) is 0. The third-order valence-corrected chi connectivity index (χ3v) is 2.14. The van der Waals surface area contributed by atoms with E-state index in [1.165, 1.54) is 0 Å². The summed E-state index contributed by atoms with van der Waals surface area (Å²) < 4.78 is 5.52. The number of nitrogen functional groups attached to an aromatic ring is 1. The van der Waals surface area contributed by atoms with Crippen molar-refractivity contribution in [3.8, 4) is 0 Å². The molecule has 1 heterocycles. The molecule has 4 N–H and O–H groups in total. The molecule has 1 aromatic heterocycles. The van der Waals surface area contributed by atoms with Crippen molar-refractivity contribution in [3.05, 3.63) is 42.7 Å². The summed E-state index contributed by atoms with van der Waals surface area (Å²) in [5.74, 6) is 0.709. The molecule has 0 spiro atoms. The maximum absolute atomic E-state index is 5.75. The molecule has 14 heavy (non-hydrogen) atoms. The first kappa shape index (κ1) is 8.84. The third-order valence-electron chi connectivity index (χ3n) is 2.14. The van der Waals surface area contributed by atoms with Crippen molar-refractivity contribution in [1.82, 2.24) is 0 Å². The van der Waals surface area contributed by atoms with Crippen LogP contribution in [0.5, 0.6) is 0 Å². The van der Waals surface area contributed by atoms with Gasteiger partial charge >= 0.3 is 0 Å². The van der Waals surface area contributed by atoms with Crippen molar-refractivity contribution in [2.45, 2.75) is 6.04 Å². The molecule has 0 aliphatic heterocycles. The third kappa shape index (κ3) is 1.38. The summed E-state index contributed by atoms with van der Waals surface area (Å²) in [6.07, 6.45) is 1.64. The van der Waals surface area contributed by atoms with Crippen LogP contribution in [0.15, 0.2) is 41.3 Å². The van der Waals surface area contributed by atoms with Crippen molar-refractivity contribution >= 4 is 16.7 Å². The quantitative estimate of drug-likeness (QED) is 0.561. The number of hydrogen-bond acceptors (Lipinski definition) is 3. The predicted molar refractivity (Wildman–Crippen MR) is 57.8 cm³/mol. The van der Waals surface area contributed by atoms with Gasteiger partial charge in [-0.1, -0.05) is 6.08 Å². The minimum atomic E-state index is -0.261. The molecule has 0 saturated heterocycles. The number of hydrogen-bond donors (Lipinski definition) is 2. The molecular formula is C11H12N2O. The number of benzene rings is 1. The Balaban J connectivity index is 2.56. The number of rotatable bonds is 2. The van der Waals surface area contributed by atoms with Crippen LogP contribution in [0.1, 0.15) is 11.8 Å². The van der Waals surface area contributed by atoms with E-state index in [0.717, 1.165) is 16.7 Å². The van der Waals surface area contributed by atoms with E-state index in [2.05, 4.69) is 6.58 Å². The van der Waals surface area contributed by atoms with Gasteiger partial charge in [0.05, 0.1) is 6.04 Å². The van der Waals surface area contributed by atoms with Crippen molar-refractivity contribution in [2.75, 3.05) is 5.73 Å². The maximum Gasteiger partial charge on any atom is 0.134 e. The number of furan rings is 1. The normalized spacial score (nSPS) is 12.9. The van der Waals surface area contributed by atoms with E-state index in [1.54, 1.807) is 12.1 Å². The maximum atomic E-state index is 5.75. The van der Waals surface area contributed by atoms with E-state index in [-0.39, 0.29) is 6.04 Å². The number of nitrogens with two attached hydrogens (primary N) is 2. The van der Waals surface area contributed by atoms with Crippen molar-refractivity contribution in [2.24, 2.45) is 5.73 Å². The summed E-state index contributed by atoms with van der Waals surface area (Å²) in [5, 5.41) is 0.970. The highest BCUT2D eigenvalue weighted by Gasteiger charge is 2.08. The molecular weight excluding hydrogens is 176 g/mol. The highest BCUT2D eigenvalue weighted by Crippen LogP contribution is 2.24. The molecule has 0 aliphatic rings. The lowest BCUT2D eigenvalue weighted by Crippen LogP contribution is -2.04. The van der Waals surface area contributed by atoms with Gasteiger partial charge in [0, 0.05) is 11.1 Å². The summed E-state index contributed by atoms with van der Waals surface area (Å²) in [6.45, 7) is 3.62. The van der Waals surface area contributed by atoms with Gasteiger partial charge < -0.3 is 15.9 Å². The zero-order valence-corrected chi connectivity index (χ0v) is 7.73. The van der Waals surface area contributed by atoms with Crippen LogP contribution in [0.2, 0.25) is 0 Å². The van der Waals surface area contributed by atoms with E-state index in [1.807, 2.05) is 18.2 Å². The first-order valence-corrected chi connectivity index (χ1v) is 4.38. The highest BCUT2D eigenvalue weighted by molar-refractivity contribution is 5.81. The fraction of sp³-hybridized carbons (Fsp3) is 0.0909. The Labute approximate surface area is 82.0 Å². The molecule has 1 aromatic carbocycles. The highest BCUT2D eigenvalue weighted by atomic mass is 16.3. The summed E-state index contributed by atoms with van der Waals surface area (Å²) >= 11 is 0. The molecule has 3 heteroatoms. The van der Waals surface area contributed by atoms with Gasteiger partial charge in [-0.15, -0.1) is 6.58 Å². The second kappa shape index (κ2) is 3.20. The Morgan fingerprint density at radius 3 is 2.86 bits per heavy atom. The van der Waals surface area contributed by atoms with Crippen molar-refractivity contribution in [1.29, 1.82) is 0 Å². The average molecular weight is 188 g/mol. The minimum absolute atomic E-state index is 0.261. The molecule has 0 saturated carbocycles. The van der Waals surface area contributed by atoms with E-state index >= 15 is 0 Å². The van der Waals surface area contributed by atoms with Crippen LogP contribution < -0.4 is 11.5 Å². The minimum Gasteiger partial charge on any atom is -0.459 e. The number of fused-ring (bicyclic) bond motifs is 1. The van der Waals surface area contributed by atoms with Crippen LogP contribution in [0, 0.1) is 0 Å². The topological polar surface area (TPSA) is 65.2 Å². The van der Waals surface area contributed by atoms with Gasteiger partial charge in [0.1, 0.15) is 11.3 Å². The Morgan fingerprint density at radius 2 is 2.14 bits per heavy atom. The van der Waals surface area contributed by atoms with Crippen LogP contribution in [0.3, 0.4) is 0 Å². The van der Waals surface area contributed by atoms with Gasteiger partial charge in [0.15, 0.2) is 0 Å². The fourth-order valence-electron chi connectivity index (χ4n) is 1.36. The van der Waals surface area contributed by atoms with Crippen molar-refractivity contribution < 1.29 is 4.42 Å². The van der Waals surface area contributed by atoms with Crippen LogP contribution in [0.25, 0.3) is 11.0 Å². The Kier molecular flexibility index (Phi) is 2.02. The van der Waals surface area contributed by atoms with Crippen LogP contribution >= 0.6 is 0 Å². The molecule has 0 unspecified atom stereocenters. The Morgan fingerprint density at radius 1 is 1.36 bits per heavy atom. The van der Waals surface area contributed by atoms with E-state index < -0.39 is 0 Å². The molecule has 0 fully saturated rings. The van der Waals surface area contributed by atoms with Crippen LogP contribution in [-0.2, 0) is 0 Å². The van der Waals surface area contributed by atoms with Crippen LogP contribution in [0.4, 0.5) is 5.69 Å². The van der Waals surface area contributed by atoms with Gasteiger partial charge in [-0.05, 0) is 24.3 Å². The van der Waals surface area contributed by atoms with Gasteiger partial charge in [-0.2, -0.15) is 0 Å². The standard InChI is InChI=1S/C11H12N2O/c1-2-9(13)11-6-7-5-8(12)3-4-10(7)14-11/h2-6,9H,1,12-13H2/t9-/m0/s1. The van der Waals surface area contributed by atoms with E-state index in [0.29, 0.717) is 5.76 Å². The lowest BCUT2D eigenvalue weighted by molar-refractivity contribution is 0.530. The fourth-order valence-corrected chi connectivity index (χ4v) is 1.36. The Hall–Kier alpha value is -1.74. The lowest BCUT2D eigenvalue weighted by atomic mass is 10.2. The summed E-state index contributed by atoms with van der Waals surface area (Å²) in [6, 6.07) is 7.12. The first-order chi connectivity index (χ1) is 6.70. The average Bonchev–Trinajstić information content (AvgIpc) is 2.59. The zero-order valence-electron chi connectivity index (χ0n) is 7.73. The summed E-state index contributed by atoms with van der Waals surface area (Å²) in [5.41, 5.74) is 12.9. The summed E-state index contributed by atoms with van der Waals surface area (Å²) in [4.78, 5) is 0. The molecule has 3 nitrogen and oxygen atoms in total. The zero-order chi connectivity index (χ0) is 10.1. The SMILES string of the molecule is C=C[C@H](N)c1cc2cc(N)ccc2o1. The smallest absolute Gasteiger partial charge is 0.134 e. The van der Waals surface area contributed by atoms with E-state index in [4.69, 9.17) is 15.9 Å². The number of anilines is 1. The second-order valence-corrected chi connectivity index (χ2v) is 3.21. The first-order valence-electron chi connectivity index (χ1n) is 4.38. The van der Waals surface area contributed by atoms with Crippen LogP contribution in [-0.4, -0.2) is 0 Å². The predicted octanol–water partition coefficient (Wildman–Crippen LogP) is 2.20. The van der Waals surface area contributed by atoms with E-state index in [9.17, 15) is 0 Å². The van der Waals surface area contributed by atoms with Gasteiger partial charge in [-0.3, -0.25) is 0 Å². The monoisotopic (exact) mass is 188 g/mol. The largest absolute Gasteiger partial charge is 0.459 e. The lowest BCUT2D eigenvalue weighted by Gasteiger charge is -1.98. The van der Waals surface area contributed by atoms with Crippen molar-refractivity contribution in [3.63, 3.8) is 0 Å². The molecule has 2 aromatic rings. The Bertz CT molecular complexity index is 473. The molecule has 72 valence electrons. The second-order valence-electron chi connectivity index (χ2n) is 3.21. The molecule has 0 radical (unpaired) electrons. The van der Waals surface area contributed by atoms with Gasteiger partial charge in [0.2, 0.25) is 0 Å². The molecule has 1 atom stereocenters. The molecule has 0 aliphatic carbocycles. The van der Waals surface area contributed by atoms with Gasteiger partial charge in [0.25, 0.3) is 0 Å². The molecule has 0 amide bonds. The molecule has 0 bridgehead atoms. The molecule has 2 rings (SSSR count). The van der Waals surface area contributed by atoms with Gasteiger partial charge in [-0.25, -0.2) is 0 Å².